The summed E-state index contributed by atoms with van der Waals surface area (Å²) >= 11 is 0. The molecule has 1 saturated heterocycles. The SMILES string of the molecule is O=C(Nc1cccnc1)N1CCN(S(=O)(=O)Cc2ccccc2)CC1. The van der Waals surface area contributed by atoms with E-state index in [9.17, 15) is 13.2 Å². The number of nitrogens with zero attached hydrogens (tertiary/aromatic N) is 3. The summed E-state index contributed by atoms with van der Waals surface area (Å²) in [5.74, 6) is -0.0181. The standard InChI is InChI=1S/C17H20N4O3S/c22-17(19-16-7-4-8-18-13-16)20-9-11-21(12-10-20)25(23,24)14-15-5-2-1-3-6-15/h1-8,13H,9-12,14H2,(H,19,22). The average molecular weight is 360 g/mol. The molecule has 3 rings (SSSR count). The van der Waals surface area contributed by atoms with E-state index in [0.717, 1.165) is 5.56 Å². The van der Waals surface area contributed by atoms with Crippen LogP contribution in [0.1, 0.15) is 5.56 Å². The van der Waals surface area contributed by atoms with Gasteiger partial charge in [0, 0.05) is 32.4 Å². The molecule has 1 N–H and O–H groups in total. The molecule has 1 aromatic heterocycles. The average Bonchev–Trinajstić information content (AvgIpc) is 2.63. The Labute approximate surface area is 147 Å². The second-order valence-electron chi connectivity index (χ2n) is 5.80. The van der Waals surface area contributed by atoms with Gasteiger partial charge in [-0.3, -0.25) is 4.98 Å². The third kappa shape index (κ3) is 4.55. The Morgan fingerprint density at radius 2 is 1.76 bits per heavy atom. The molecule has 1 aromatic carbocycles. The number of rotatable bonds is 4. The lowest BCUT2D eigenvalue weighted by molar-refractivity contribution is 0.184. The van der Waals surface area contributed by atoms with Crippen LogP contribution in [0.2, 0.25) is 0 Å². The predicted molar refractivity (Wildman–Crippen MR) is 95.5 cm³/mol. The van der Waals surface area contributed by atoms with Gasteiger partial charge in [0.25, 0.3) is 0 Å². The van der Waals surface area contributed by atoms with Crippen LogP contribution in [-0.4, -0.2) is 54.8 Å². The summed E-state index contributed by atoms with van der Waals surface area (Å²) in [5, 5.41) is 2.76. The molecule has 0 atom stereocenters. The van der Waals surface area contributed by atoms with Gasteiger partial charge in [-0.1, -0.05) is 30.3 Å². The number of urea groups is 1. The number of hydrogen-bond acceptors (Lipinski definition) is 4. The van der Waals surface area contributed by atoms with Crippen LogP contribution in [0, 0.1) is 0 Å². The van der Waals surface area contributed by atoms with E-state index >= 15 is 0 Å². The summed E-state index contributed by atoms with van der Waals surface area (Å²) in [6.45, 7) is 1.32. The van der Waals surface area contributed by atoms with Gasteiger partial charge in [0.2, 0.25) is 10.0 Å². The maximum Gasteiger partial charge on any atom is 0.321 e. The number of hydrogen-bond donors (Lipinski definition) is 1. The topological polar surface area (TPSA) is 82.6 Å². The van der Waals surface area contributed by atoms with Crippen molar-refractivity contribution in [1.29, 1.82) is 0 Å². The summed E-state index contributed by atoms with van der Waals surface area (Å²) in [6, 6.07) is 12.4. The predicted octanol–water partition coefficient (Wildman–Crippen LogP) is 1.76. The van der Waals surface area contributed by atoms with Crippen molar-refractivity contribution in [1.82, 2.24) is 14.2 Å². The number of anilines is 1. The maximum atomic E-state index is 12.5. The van der Waals surface area contributed by atoms with E-state index in [2.05, 4.69) is 10.3 Å². The Morgan fingerprint density at radius 3 is 2.40 bits per heavy atom. The Kier molecular flexibility index (Phi) is 5.30. The molecular formula is C17H20N4O3S. The summed E-state index contributed by atoms with van der Waals surface area (Å²) in [6.07, 6.45) is 3.20. The number of piperazine rings is 1. The van der Waals surface area contributed by atoms with Crippen LogP contribution >= 0.6 is 0 Å². The van der Waals surface area contributed by atoms with Gasteiger partial charge in [-0.2, -0.15) is 4.31 Å². The monoisotopic (exact) mass is 360 g/mol. The minimum Gasteiger partial charge on any atom is -0.322 e. The Balaban J connectivity index is 1.55. The molecule has 1 fully saturated rings. The molecule has 0 bridgehead atoms. The van der Waals surface area contributed by atoms with Crippen molar-refractivity contribution in [2.24, 2.45) is 0 Å². The van der Waals surface area contributed by atoms with Crippen molar-refractivity contribution in [2.45, 2.75) is 5.75 Å². The van der Waals surface area contributed by atoms with Gasteiger partial charge in [-0.05, 0) is 17.7 Å². The highest BCUT2D eigenvalue weighted by atomic mass is 32.2. The van der Waals surface area contributed by atoms with E-state index in [1.165, 1.54) is 4.31 Å². The zero-order valence-corrected chi connectivity index (χ0v) is 14.5. The summed E-state index contributed by atoms with van der Waals surface area (Å²) < 4.78 is 26.5. The summed E-state index contributed by atoms with van der Waals surface area (Å²) in [7, 11) is -3.38. The van der Waals surface area contributed by atoms with E-state index in [4.69, 9.17) is 0 Å². The van der Waals surface area contributed by atoms with Crippen LogP contribution < -0.4 is 5.32 Å². The maximum absolute atomic E-state index is 12.5. The molecule has 0 spiro atoms. The van der Waals surface area contributed by atoms with Crippen LogP contribution in [0.3, 0.4) is 0 Å². The van der Waals surface area contributed by atoms with E-state index in [1.54, 1.807) is 41.6 Å². The molecule has 0 saturated carbocycles. The van der Waals surface area contributed by atoms with E-state index < -0.39 is 10.0 Å². The normalized spacial score (nSPS) is 15.8. The third-order valence-electron chi connectivity index (χ3n) is 4.02. The minimum absolute atomic E-state index is 0.0181. The molecule has 7 nitrogen and oxygen atoms in total. The Hall–Kier alpha value is -2.45. The smallest absolute Gasteiger partial charge is 0.321 e. The van der Waals surface area contributed by atoms with Gasteiger partial charge >= 0.3 is 6.03 Å². The fourth-order valence-electron chi connectivity index (χ4n) is 2.68. The summed E-state index contributed by atoms with van der Waals surface area (Å²) in [4.78, 5) is 17.8. The van der Waals surface area contributed by atoms with Gasteiger partial charge in [0.1, 0.15) is 0 Å². The van der Waals surface area contributed by atoms with Gasteiger partial charge in [-0.15, -0.1) is 0 Å². The van der Waals surface area contributed by atoms with E-state index in [-0.39, 0.29) is 11.8 Å². The van der Waals surface area contributed by atoms with Crippen LogP contribution in [0.25, 0.3) is 0 Å². The van der Waals surface area contributed by atoms with Gasteiger partial charge < -0.3 is 10.2 Å². The molecular weight excluding hydrogens is 340 g/mol. The Bertz CT molecular complexity index is 804. The molecule has 0 unspecified atom stereocenters. The molecule has 1 aliphatic heterocycles. The number of sulfonamides is 1. The molecule has 0 aliphatic carbocycles. The number of aromatic nitrogens is 1. The molecule has 2 amide bonds. The fourth-order valence-corrected chi connectivity index (χ4v) is 4.20. The highest BCUT2D eigenvalue weighted by molar-refractivity contribution is 7.88. The highest BCUT2D eigenvalue weighted by Gasteiger charge is 2.28. The van der Waals surface area contributed by atoms with Crippen molar-refractivity contribution >= 4 is 21.7 Å². The lowest BCUT2D eigenvalue weighted by Crippen LogP contribution is -2.51. The number of benzene rings is 1. The Morgan fingerprint density at radius 1 is 1.04 bits per heavy atom. The van der Waals surface area contributed by atoms with E-state index in [1.807, 2.05) is 18.2 Å². The van der Waals surface area contributed by atoms with Crippen LogP contribution in [0.15, 0.2) is 54.9 Å². The van der Waals surface area contributed by atoms with Gasteiger partial charge in [0.15, 0.2) is 0 Å². The van der Waals surface area contributed by atoms with Gasteiger partial charge in [-0.25, -0.2) is 13.2 Å². The summed E-state index contributed by atoms with van der Waals surface area (Å²) in [5.41, 5.74) is 1.38. The first-order chi connectivity index (χ1) is 12.0. The largest absolute Gasteiger partial charge is 0.322 e. The second-order valence-corrected chi connectivity index (χ2v) is 7.77. The number of nitrogens with one attached hydrogen (secondary N) is 1. The molecule has 25 heavy (non-hydrogen) atoms. The van der Waals surface area contributed by atoms with Gasteiger partial charge in [0.05, 0.1) is 17.6 Å². The van der Waals surface area contributed by atoms with Crippen molar-refractivity contribution < 1.29 is 13.2 Å². The second kappa shape index (κ2) is 7.62. The lowest BCUT2D eigenvalue weighted by atomic mass is 10.2. The van der Waals surface area contributed by atoms with Crippen molar-refractivity contribution in [2.75, 3.05) is 31.5 Å². The molecule has 2 aromatic rings. The molecule has 132 valence electrons. The molecule has 0 radical (unpaired) electrons. The molecule has 8 heteroatoms. The van der Waals surface area contributed by atoms with Crippen LogP contribution in [0.5, 0.6) is 0 Å². The van der Waals surface area contributed by atoms with E-state index in [0.29, 0.717) is 31.9 Å². The number of carbonyl (C=O) groups excluding carboxylic acids is 1. The molecule has 2 heterocycles. The third-order valence-corrected chi connectivity index (χ3v) is 5.87. The first-order valence-electron chi connectivity index (χ1n) is 8.02. The lowest BCUT2D eigenvalue weighted by Gasteiger charge is -2.34. The fraction of sp³-hybridized carbons (Fsp3) is 0.294. The zero-order chi connectivity index (χ0) is 17.7. The first kappa shape index (κ1) is 17.4. The van der Waals surface area contributed by atoms with Crippen LogP contribution in [-0.2, 0) is 15.8 Å². The van der Waals surface area contributed by atoms with Crippen molar-refractivity contribution in [3.8, 4) is 0 Å². The highest BCUT2D eigenvalue weighted by Crippen LogP contribution is 2.14. The quantitative estimate of drug-likeness (QED) is 0.901. The molecule has 1 aliphatic rings. The zero-order valence-electron chi connectivity index (χ0n) is 13.7. The minimum atomic E-state index is -3.38. The van der Waals surface area contributed by atoms with Crippen LogP contribution in [0.4, 0.5) is 10.5 Å². The number of pyridine rings is 1. The van der Waals surface area contributed by atoms with Crippen molar-refractivity contribution in [3.05, 3.63) is 60.4 Å². The van der Waals surface area contributed by atoms with Crippen molar-refractivity contribution in [3.63, 3.8) is 0 Å². The first-order valence-corrected chi connectivity index (χ1v) is 9.63. The number of carbonyl (C=O) groups is 1. The number of amides is 2.